The fraction of sp³-hybridized carbons (Fsp3) is 0.257. The molecule has 0 heterocycles. The van der Waals surface area contributed by atoms with Gasteiger partial charge in [-0.25, -0.2) is 19.2 Å². The molecule has 256 valence electrons. The molecule has 0 saturated heterocycles. The molecule has 4 rings (SSSR count). The fourth-order valence-corrected chi connectivity index (χ4v) is 4.91. The smallest absolute Gasteiger partial charge is 0.464 e. The zero-order valence-corrected chi connectivity index (χ0v) is 26.5. The highest BCUT2D eigenvalue weighted by Gasteiger charge is 2.43. The molecule has 0 spiro atoms. The molecule has 0 radical (unpaired) electrons. The van der Waals surface area contributed by atoms with Gasteiger partial charge >= 0.3 is 22.1 Å². The Balaban J connectivity index is 1.49. The number of nitrogens with zero attached hydrogens (tertiary/aromatic N) is 2. The molecule has 12 nitrogen and oxygen atoms in total. The first-order valence-electron chi connectivity index (χ1n) is 15.0. The number of esters is 2. The van der Waals surface area contributed by atoms with Crippen molar-refractivity contribution in [2.45, 2.75) is 25.7 Å². The van der Waals surface area contributed by atoms with Crippen LogP contribution in [0.5, 0.6) is 0 Å². The Morgan fingerprint density at radius 2 is 1.00 bits per heavy atom. The minimum absolute atomic E-state index is 0.272. The van der Waals surface area contributed by atoms with Crippen LogP contribution < -0.4 is 0 Å². The Kier molecular flexibility index (Phi) is 11.9. The lowest BCUT2D eigenvalue weighted by molar-refractivity contribution is -0.983. The number of carbonyl (C=O) groups excluding carboxylic acids is 2. The number of hydrogen-bond donors (Lipinski definition) is 2. The number of ether oxygens (including phenoxy) is 2. The van der Waals surface area contributed by atoms with Crippen LogP contribution in [0.2, 0.25) is 0 Å². The van der Waals surface area contributed by atoms with E-state index < -0.39 is 77.4 Å². The van der Waals surface area contributed by atoms with Crippen LogP contribution in [0.25, 0.3) is 22.3 Å². The van der Waals surface area contributed by atoms with Crippen LogP contribution in [-0.4, -0.2) is 59.0 Å². The summed E-state index contributed by atoms with van der Waals surface area (Å²) < 4.78 is 40.8. The molecule has 4 aromatic rings. The summed E-state index contributed by atoms with van der Waals surface area (Å²) in [5.74, 6) is -4.94. The van der Waals surface area contributed by atoms with E-state index in [4.69, 9.17) is 19.9 Å². The molecule has 4 aromatic carbocycles. The molecular formula is C35H34F2N2O10+2. The molecule has 0 saturated carbocycles. The number of carbonyl (C=O) groups is 2. The number of benzene rings is 4. The van der Waals surface area contributed by atoms with Gasteiger partial charge in [0.25, 0.3) is 0 Å². The van der Waals surface area contributed by atoms with E-state index in [9.17, 15) is 19.4 Å². The highest BCUT2D eigenvalue weighted by atomic mass is 19.1. The molecule has 2 N–H and O–H groups in total. The molecule has 49 heavy (non-hydrogen) atoms. The maximum absolute atomic E-state index is 15.0. The second-order valence-corrected chi connectivity index (χ2v) is 11.4. The van der Waals surface area contributed by atoms with Crippen LogP contribution in [0.15, 0.2) is 97.1 Å². The van der Waals surface area contributed by atoms with Gasteiger partial charge in [-0.2, -0.15) is 9.68 Å². The van der Waals surface area contributed by atoms with Crippen molar-refractivity contribution < 1.29 is 58.1 Å². The maximum Gasteiger partial charge on any atom is 0.475 e. The molecule has 2 atom stereocenters. The summed E-state index contributed by atoms with van der Waals surface area (Å²) in [6.45, 7) is -0.235. The van der Waals surface area contributed by atoms with Crippen molar-refractivity contribution in [2.75, 3.05) is 26.4 Å². The standard InChI is InChI=1S/C35H34F2N2O10/c1-23(27-13-15-29(31(36)17-27)25-9-5-3-6-10-25)33(40)46-19-35(21-48-38(42)43,22-49-39(44)45)20-47-34(41)24(2)28-14-16-30(32(37)18-28)26-11-7-4-8-12-26/h3-18,23-24H,19-22H2,1-2H3,(H,42,43)(H,44,45)/q+2. The zero-order valence-electron chi connectivity index (χ0n) is 26.5. The Labute approximate surface area is 279 Å². The lowest BCUT2D eigenvalue weighted by Crippen LogP contribution is -2.44. The summed E-state index contributed by atoms with van der Waals surface area (Å²) >= 11 is 0. The van der Waals surface area contributed by atoms with Gasteiger partial charge in [0.2, 0.25) is 0 Å². The first kappa shape index (κ1) is 35.9. The summed E-state index contributed by atoms with van der Waals surface area (Å²) in [4.78, 5) is 57.9. The Hall–Kier alpha value is -5.92. The van der Waals surface area contributed by atoms with E-state index in [1.807, 2.05) is 0 Å². The van der Waals surface area contributed by atoms with Crippen LogP contribution in [-0.2, 0) is 28.7 Å². The summed E-state index contributed by atoms with van der Waals surface area (Å²) in [6.07, 6.45) is 0. The first-order chi connectivity index (χ1) is 23.4. The summed E-state index contributed by atoms with van der Waals surface area (Å²) in [5, 5.41) is 16.4. The molecule has 0 amide bonds. The van der Waals surface area contributed by atoms with Gasteiger partial charge < -0.3 is 9.47 Å². The van der Waals surface area contributed by atoms with Gasteiger partial charge in [-0.15, -0.1) is 0 Å². The molecule has 2 unspecified atom stereocenters. The Bertz CT molecular complexity index is 1660. The van der Waals surface area contributed by atoms with Gasteiger partial charge in [0, 0.05) is 11.1 Å². The predicted octanol–water partition coefficient (Wildman–Crippen LogP) is 6.48. The highest BCUT2D eigenvalue weighted by Crippen LogP contribution is 2.30. The van der Waals surface area contributed by atoms with Crippen molar-refractivity contribution >= 4 is 11.9 Å². The van der Waals surface area contributed by atoms with Gasteiger partial charge in [-0.05, 0) is 48.2 Å². The fourth-order valence-electron chi connectivity index (χ4n) is 4.91. The monoisotopic (exact) mass is 680 g/mol. The van der Waals surface area contributed by atoms with E-state index in [0.29, 0.717) is 22.3 Å². The van der Waals surface area contributed by atoms with Crippen LogP contribution in [0.3, 0.4) is 0 Å². The first-order valence-corrected chi connectivity index (χ1v) is 15.0. The average molecular weight is 681 g/mol. The third kappa shape index (κ3) is 9.56. The van der Waals surface area contributed by atoms with E-state index in [1.165, 1.54) is 38.1 Å². The molecular weight excluding hydrogens is 646 g/mol. The van der Waals surface area contributed by atoms with E-state index in [2.05, 4.69) is 9.68 Å². The summed E-state index contributed by atoms with van der Waals surface area (Å²) in [7, 11) is 0. The topological polar surface area (TPSA) is 152 Å². The minimum Gasteiger partial charge on any atom is -0.464 e. The number of hydrogen-bond acceptors (Lipinski definition) is 8. The van der Waals surface area contributed by atoms with Crippen LogP contribution in [0.1, 0.15) is 36.8 Å². The molecule has 0 aromatic heterocycles. The second kappa shape index (κ2) is 16.3. The second-order valence-electron chi connectivity index (χ2n) is 11.4. The van der Waals surface area contributed by atoms with Crippen LogP contribution in [0.4, 0.5) is 8.78 Å². The van der Waals surface area contributed by atoms with Crippen LogP contribution in [0, 0.1) is 26.9 Å². The van der Waals surface area contributed by atoms with Crippen molar-refractivity contribution in [3.63, 3.8) is 0 Å². The van der Waals surface area contributed by atoms with Gasteiger partial charge in [0.05, 0.1) is 11.8 Å². The lowest BCUT2D eigenvalue weighted by Gasteiger charge is -2.28. The summed E-state index contributed by atoms with van der Waals surface area (Å²) in [5.41, 5.74) is 0.603. The third-order valence-corrected chi connectivity index (χ3v) is 7.87. The molecule has 0 aliphatic rings. The highest BCUT2D eigenvalue weighted by molar-refractivity contribution is 5.79. The quantitative estimate of drug-likeness (QED) is 0.0994. The molecule has 0 aliphatic carbocycles. The Morgan fingerprint density at radius 3 is 1.33 bits per heavy atom. The van der Waals surface area contributed by atoms with E-state index in [-0.39, 0.29) is 11.1 Å². The molecule has 0 fully saturated rings. The maximum atomic E-state index is 15.0. The Morgan fingerprint density at radius 1 is 0.633 bits per heavy atom. The van der Waals surface area contributed by atoms with Crippen molar-refractivity contribution in [3.05, 3.63) is 130 Å². The average Bonchev–Trinajstić information content (AvgIpc) is 3.10. The minimum atomic E-state index is -1.85. The van der Waals surface area contributed by atoms with Gasteiger partial charge in [0.1, 0.15) is 40.1 Å². The van der Waals surface area contributed by atoms with Gasteiger partial charge in [-0.3, -0.25) is 9.59 Å². The van der Waals surface area contributed by atoms with E-state index in [1.54, 1.807) is 72.8 Å². The number of rotatable bonds is 16. The lowest BCUT2D eigenvalue weighted by atomic mass is 9.91. The summed E-state index contributed by atoms with van der Waals surface area (Å²) in [6, 6.07) is 26.1. The third-order valence-electron chi connectivity index (χ3n) is 7.87. The molecule has 14 heteroatoms. The number of halogens is 2. The van der Waals surface area contributed by atoms with E-state index >= 15 is 8.78 Å². The molecule has 0 aliphatic heterocycles. The van der Waals surface area contributed by atoms with Crippen molar-refractivity contribution in [1.82, 2.24) is 0 Å². The van der Waals surface area contributed by atoms with Crippen molar-refractivity contribution in [2.24, 2.45) is 5.41 Å². The van der Waals surface area contributed by atoms with Gasteiger partial charge in [-0.1, -0.05) is 84.9 Å². The SMILES string of the molecule is CC(C(=O)OCC(COC(=O)C(C)c1ccc(-c2ccccc2)c(F)c1)(CO[N+](=O)O)CO[N+](=O)O)c1ccc(-c2ccccc2)c(F)c1. The normalized spacial score (nSPS) is 12.3. The zero-order chi connectivity index (χ0) is 35.6. The largest absolute Gasteiger partial charge is 0.475 e. The van der Waals surface area contributed by atoms with Crippen LogP contribution >= 0.6 is 0 Å². The predicted molar refractivity (Wildman–Crippen MR) is 168 cm³/mol. The van der Waals surface area contributed by atoms with Crippen molar-refractivity contribution in [3.8, 4) is 22.3 Å². The van der Waals surface area contributed by atoms with Gasteiger partial charge in [0.15, 0.2) is 13.2 Å². The van der Waals surface area contributed by atoms with Crippen molar-refractivity contribution in [1.29, 1.82) is 0 Å². The van der Waals surface area contributed by atoms with E-state index in [0.717, 1.165) is 0 Å². The molecule has 0 bridgehead atoms.